The zero-order valence-electron chi connectivity index (χ0n) is 11.7. The van der Waals surface area contributed by atoms with E-state index in [2.05, 4.69) is 0 Å². The predicted molar refractivity (Wildman–Crippen MR) is 83.5 cm³/mol. The molecule has 1 aromatic carbocycles. The van der Waals surface area contributed by atoms with E-state index in [0.29, 0.717) is 17.2 Å². The Kier molecular flexibility index (Phi) is 4.57. The van der Waals surface area contributed by atoms with Gasteiger partial charge in [0.2, 0.25) is 0 Å². The number of hydrogen-bond acceptors (Lipinski definition) is 3. The second-order valence-electron chi connectivity index (χ2n) is 5.90. The summed E-state index contributed by atoms with van der Waals surface area (Å²) in [6.07, 6.45) is 2.92. The molecule has 0 radical (unpaired) electrons. The van der Waals surface area contributed by atoms with Crippen LogP contribution in [0.2, 0.25) is 5.02 Å². The van der Waals surface area contributed by atoms with Gasteiger partial charge in [0, 0.05) is 29.7 Å². The third kappa shape index (κ3) is 3.43. The lowest BCUT2D eigenvalue weighted by molar-refractivity contribution is -0.133. The van der Waals surface area contributed by atoms with E-state index in [4.69, 9.17) is 16.3 Å². The highest BCUT2D eigenvalue weighted by atomic mass is 35.5. The highest BCUT2D eigenvalue weighted by Gasteiger charge is 2.42. The van der Waals surface area contributed by atoms with Gasteiger partial charge < -0.3 is 4.74 Å². The fraction of sp³-hybridized carbons (Fsp3) is 0.562. The van der Waals surface area contributed by atoms with Crippen molar-refractivity contribution in [1.29, 1.82) is 0 Å². The Bertz CT molecular complexity index is 543. The summed E-state index contributed by atoms with van der Waals surface area (Å²) in [5.41, 5.74) is 0.625. The van der Waals surface area contributed by atoms with Crippen LogP contribution in [0.15, 0.2) is 18.2 Å². The number of carbonyl (C=O) groups is 1. The van der Waals surface area contributed by atoms with E-state index >= 15 is 0 Å². The molecular weight excluding hydrogens is 311 g/mol. The van der Waals surface area contributed by atoms with Crippen molar-refractivity contribution in [3.63, 3.8) is 0 Å². The average molecular weight is 329 g/mol. The van der Waals surface area contributed by atoms with Crippen molar-refractivity contribution < 1.29 is 13.9 Å². The molecule has 2 heterocycles. The highest BCUT2D eigenvalue weighted by molar-refractivity contribution is 7.99. The van der Waals surface area contributed by atoms with E-state index in [1.165, 1.54) is 12.1 Å². The Labute approximate surface area is 133 Å². The lowest BCUT2D eigenvalue weighted by atomic mass is 9.81. The third-order valence-electron chi connectivity index (χ3n) is 4.40. The molecule has 2 fully saturated rings. The van der Waals surface area contributed by atoms with Crippen molar-refractivity contribution in [1.82, 2.24) is 0 Å². The summed E-state index contributed by atoms with van der Waals surface area (Å²) < 4.78 is 19.0. The first-order valence-electron chi connectivity index (χ1n) is 7.26. The van der Waals surface area contributed by atoms with Crippen molar-refractivity contribution in [2.24, 2.45) is 5.92 Å². The van der Waals surface area contributed by atoms with Crippen molar-refractivity contribution in [2.45, 2.75) is 31.3 Å². The smallest absolute Gasteiger partial charge is 0.140 e. The topological polar surface area (TPSA) is 26.3 Å². The van der Waals surface area contributed by atoms with Gasteiger partial charge in [0.1, 0.15) is 11.6 Å². The molecule has 2 atom stereocenters. The number of hydrogen-bond donors (Lipinski definition) is 0. The Morgan fingerprint density at radius 3 is 3.10 bits per heavy atom. The number of Topliss-reactive ketones (excluding diaryl/α,β-unsaturated/α-hetero) is 1. The summed E-state index contributed by atoms with van der Waals surface area (Å²) in [6.45, 7) is 0.661. The SMILES string of the molecule is O=C(Cc1ccc(F)cc1Cl)C1CCOC2(CCSC2)C1. The molecule has 2 nitrogen and oxygen atoms in total. The van der Waals surface area contributed by atoms with E-state index in [-0.39, 0.29) is 29.5 Å². The zero-order chi connectivity index (χ0) is 14.9. The molecule has 0 aromatic heterocycles. The van der Waals surface area contributed by atoms with Crippen LogP contribution in [-0.4, -0.2) is 29.5 Å². The molecule has 0 amide bonds. The molecule has 1 spiro atoms. The molecule has 21 heavy (non-hydrogen) atoms. The fourth-order valence-corrected chi connectivity index (χ4v) is 4.78. The molecule has 114 valence electrons. The number of benzene rings is 1. The Morgan fingerprint density at radius 1 is 1.52 bits per heavy atom. The van der Waals surface area contributed by atoms with Gasteiger partial charge in [-0.25, -0.2) is 4.39 Å². The first-order chi connectivity index (χ1) is 10.1. The Balaban J connectivity index is 1.67. The lowest BCUT2D eigenvalue weighted by Crippen LogP contribution is -2.42. The summed E-state index contributed by atoms with van der Waals surface area (Å²) in [4.78, 5) is 12.5. The van der Waals surface area contributed by atoms with Crippen LogP contribution in [0.4, 0.5) is 4.39 Å². The number of rotatable bonds is 3. The maximum atomic E-state index is 13.1. The molecule has 2 aliphatic heterocycles. The lowest BCUT2D eigenvalue weighted by Gasteiger charge is -2.37. The van der Waals surface area contributed by atoms with Gasteiger partial charge in [-0.1, -0.05) is 17.7 Å². The summed E-state index contributed by atoms with van der Waals surface area (Å²) in [5.74, 6) is 1.98. The van der Waals surface area contributed by atoms with Crippen LogP contribution in [0.25, 0.3) is 0 Å². The van der Waals surface area contributed by atoms with Crippen LogP contribution in [0, 0.1) is 11.7 Å². The minimum atomic E-state index is -0.371. The van der Waals surface area contributed by atoms with Crippen LogP contribution in [0.1, 0.15) is 24.8 Å². The molecule has 0 saturated carbocycles. The van der Waals surface area contributed by atoms with Gasteiger partial charge in [0.05, 0.1) is 5.60 Å². The van der Waals surface area contributed by atoms with Crippen molar-refractivity contribution in [3.05, 3.63) is 34.6 Å². The van der Waals surface area contributed by atoms with Gasteiger partial charge in [-0.2, -0.15) is 11.8 Å². The highest BCUT2D eigenvalue weighted by Crippen LogP contribution is 2.41. The van der Waals surface area contributed by atoms with Crippen molar-refractivity contribution in [2.75, 3.05) is 18.1 Å². The molecule has 0 N–H and O–H groups in total. The van der Waals surface area contributed by atoms with Crippen molar-refractivity contribution in [3.8, 4) is 0 Å². The monoisotopic (exact) mass is 328 g/mol. The standard InChI is InChI=1S/C16H18ClFO2S/c17-14-8-13(18)2-1-11(14)7-15(19)12-3-5-20-16(9-12)4-6-21-10-16/h1-2,8,12H,3-7,9-10H2. The minimum Gasteiger partial charge on any atom is -0.374 e. The van der Waals surface area contributed by atoms with Gasteiger partial charge >= 0.3 is 0 Å². The molecular formula is C16H18ClFO2S. The van der Waals surface area contributed by atoms with Crippen LogP contribution in [-0.2, 0) is 16.0 Å². The number of ketones is 1. The number of thioether (sulfide) groups is 1. The molecule has 3 rings (SSSR count). The van der Waals surface area contributed by atoms with Gasteiger partial charge in [-0.05, 0) is 42.7 Å². The van der Waals surface area contributed by atoms with Gasteiger partial charge in [-0.15, -0.1) is 0 Å². The summed E-state index contributed by atoms with van der Waals surface area (Å²) >= 11 is 7.92. The van der Waals surface area contributed by atoms with E-state index in [1.807, 2.05) is 11.8 Å². The predicted octanol–water partition coefficient (Wildman–Crippen LogP) is 3.89. The second kappa shape index (κ2) is 6.27. The molecule has 2 saturated heterocycles. The van der Waals surface area contributed by atoms with Crippen LogP contribution >= 0.6 is 23.4 Å². The first kappa shape index (κ1) is 15.3. The van der Waals surface area contributed by atoms with Crippen LogP contribution in [0.3, 0.4) is 0 Å². The third-order valence-corrected chi connectivity index (χ3v) is 5.97. The largest absolute Gasteiger partial charge is 0.374 e. The van der Waals surface area contributed by atoms with Gasteiger partial charge in [0.25, 0.3) is 0 Å². The zero-order valence-corrected chi connectivity index (χ0v) is 13.3. The molecule has 5 heteroatoms. The van der Waals surface area contributed by atoms with Gasteiger partial charge in [0.15, 0.2) is 0 Å². The maximum absolute atomic E-state index is 13.1. The molecule has 1 aromatic rings. The molecule has 0 bridgehead atoms. The number of carbonyl (C=O) groups excluding carboxylic acids is 1. The Hall–Kier alpha value is -0.580. The van der Waals surface area contributed by atoms with Crippen molar-refractivity contribution >= 4 is 29.1 Å². The summed E-state index contributed by atoms with van der Waals surface area (Å²) in [6, 6.07) is 4.23. The Morgan fingerprint density at radius 2 is 2.38 bits per heavy atom. The minimum absolute atomic E-state index is 0.0403. The average Bonchev–Trinajstić information content (AvgIpc) is 2.90. The van der Waals surface area contributed by atoms with Crippen LogP contribution in [0.5, 0.6) is 0 Å². The summed E-state index contributed by atoms with van der Waals surface area (Å²) in [7, 11) is 0. The normalized spacial score (nSPS) is 29.0. The van der Waals surface area contributed by atoms with E-state index in [1.54, 1.807) is 6.07 Å². The van der Waals surface area contributed by atoms with E-state index in [9.17, 15) is 9.18 Å². The number of halogens is 2. The van der Waals surface area contributed by atoms with E-state index in [0.717, 1.165) is 30.8 Å². The van der Waals surface area contributed by atoms with E-state index < -0.39 is 0 Å². The fourth-order valence-electron chi connectivity index (χ4n) is 3.16. The quantitative estimate of drug-likeness (QED) is 0.842. The molecule has 2 unspecified atom stereocenters. The van der Waals surface area contributed by atoms with Gasteiger partial charge in [-0.3, -0.25) is 4.79 Å². The second-order valence-corrected chi connectivity index (χ2v) is 7.41. The van der Waals surface area contributed by atoms with Crippen LogP contribution < -0.4 is 0 Å². The maximum Gasteiger partial charge on any atom is 0.140 e. The summed E-state index contributed by atoms with van der Waals surface area (Å²) in [5, 5.41) is 0.335. The first-order valence-corrected chi connectivity index (χ1v) is 8.80. The molecule has 2 aliphatic rings. The number of ether oxygens (including phenoxy) is 1. The molecule has 0 aliphatic carbocycles.